The molecule has 2 fully saturated rings. The van der Waals surface area contributed by atoms with Gasteiger partial charge in [-0.05, 0) is 24.8 Å². The fraction of sp³-hybridized carbons (Fsp3) is 0.500. The van der Waals surface area contributed by atoms with Crippen LogP contribution < -0.4 is 5.32 Å². The highest BCUT2D eigenvalue weighted by Crippen LogP contribution is 2.43. The molecule has 2 saturated heterocycles. The average molecular weight is 289 g/mol. The minimum absolute atomic E-state index is 0.189. The molecule has 5 heteroatoms. The van der Waals surface area contributed by atoms with E-state index in [1.54, 1.807) is 0 Å². The van der Waals surface area contributed by atoms with Crippen molar-refractivity contribution in [3.8, 4) is 0 Å². The molecule has 2 heterocycles. The lowest BCUT2D eigenvalue weighted by molar-refractivity contribution is -0.147. The van der Waals surface area contributed by atoms with E-state index in [1.165, 1.54) is 0 Å². The van der Waals surface area contributed by atoms with Crippen LogP contribution in [0.3, 0.4) is 0 Å². The maximum Gasteiger partial charge on any atom is 0.310 e. The highest BCUT2D eigenvalue weighted by atomic mass is 16.5. The molecule has 0 aromatic heterocycles. The second-order valence-corrected chi connectivity index (χ2v) is 5.71. The van der Waals surface area contributed by atoms with E-state index in [1.807, 2.05) is 30.3 Å². The Hall–Kier alpha value is -1.88. The molecule has 0 radical (unpaired) electrons. The summed E-state index contributed by atoms with van der Waals surface area (Å²) in [6.07, 6.45) is 1.75. The van der Waals surface area contributed by atoms with Crippen LogP contribution in [0.5, 0.6) is 0 Å². The van der Waals surface area contributed by atoms with Gasteiger partial charge in [0, 0.05) is 6.54 Å². The van der Waals surface area contributed by atoms with E-state index in [0.29, 0.717) is 6.54 Å². The Bertz CT molecular complexity index is 530. The summed E-state index contributed by atoms with van der Waals surface area (Å²) in [4.78, 5) is 23.6. The van der Waals surface area contributed by atoms with E-state index in [-0.39, 0.29) is 18.1 Å². The van der Waals surface area contributed by atoms with Crippen LogP contribution in [-0.2, 0) is 20.7 Å². The zero-order valence-electron chi connectivity index (χ0n) is 11.7. The van der Waals surface area contributed by atoms with Crippen LogP contribution in [0.25, 0.3) is 0 Å². The maximum atomic E-state index is 12.3. The van der Waals surface area contributed by atoms with Crippen LogP contribution in [0.1, 0.15) is 18.4 Å². The largest absolute Gasteiger partial charge is 0.481 e. The molecule has 112 valence electrons. The first kappa shape index (κ1) is 14.1. The van der Waals surface area contributed by atoms with Gasteiger partial charge in [0.15, 0.2) is 0 Å². The monoisotopic (exact) mass is 289 g/mol. The number of carbonyl (C=O) groups is 2. The Kier molecular flexibility index (Phi) is 3.92. The van der Waals surface area contributed by atoms with E-state index in [9.17, 15) is 14.7 Å². The zero-order chi connectivity index (χ0) is 14.8. The number of hydrogen-bond acceptors (Lipinski definition) is 3. The molecule has 1 aromatic carbocycles. The van der Waals surface area contributed by atoms with Gasteiger partial charge in [-0.15, -0.1) is 0 Å². The predicted molar refractivity (Wildman–Crippen MR) is 75.7 cm³/mol. The first-order valence-electron chi connectivity index (χ1n) is 7.36. The average Bonchev–Trinajstić information content (AvgIpc) is 3.08. The topological polar surface area (TPSA) is 75.6 Å². The molecule has 2 aliphatic rings. The van der Waals surface area contributed by atoms with Crippen molar-refractivity contribution in [3.63, 3.8) is 0 Å². The van der Waals surface area contributed by atoms with Crippen LogP contribution in [0.4, 0.5) is 0 Å². The zero-order valence-corrected chi connectivity index (χ0v) is 11.7. The van der Waals surface area contributed by atoms with Gasteiger partial charge in [0.2, 0.25) is 5.91 Å². The molecule has 1 aromatic rings. The van der Waals surface area contributed by atoms with Gasteiger partial charge in [-0.3, -0.25) is 9.59 Å². The van der Waals surface area contributed by atoms with Crippen molar-refractivity contribution in [1.29, 1.82) is 0 Å². The van der Waals surface area contributed by atoms with Gasteiger partial charge in [0.25, 0.3) is 0 Å². The minimum Gasteiger partial charge on any atom is -0.481 e. The highest BCUT2D eigenvalue weighted by Gasteiger charge is 2.55. The Morgan fingerprint density at radius 1 is 1.14 bits per heavy atom. The van der Waals surface area contributed by atoms with E-state index in [0.717, 1.165) is 24.8 Å². The molecule has 1 amide bonds. The fourth-order valence-corrected chi connectivity index (χ4v) is 3.42. The Balaban J connectivity index is 1.56. The number of ether oxygens (including phenoxy) is 1. The molecular weight excluding hydrogens is 270 g/mol. The molecule has 0 unspecified atom stereocenters. The molecule has 2 bridgehead atoms. The van der Waals surface area contributed by atoms with Crippen LogP contribution in [0.2, 0.25) is 0 Å². The second kappa shape index (κ2) is 5.85. The van der Waals surface area contributed by atoms with Crippen molar-refractivity contribution in [3.05, 3.63) is 35.9 Å². The second-order valence-electron chi connectivity index (χ2n) is 5.71. The Labute approximate surface area is 123 Å². The number of carboxylic acid groups (broad SMARTS) is 1. The van der Waals surface area contributed by atoms with Crippen molar-refractivity contribution in [2.75, 3.05) is 6.54 Å². The van der Waals surface area contributed by atoms with Crippen molar-refractivity contribution in [2.45, 2.75) is 31.5 Å². The van der Waals surface area contributed by atoms with Crippen LogP contribution in [-0.4, -0.2) is 35.7 Å². The number of rotatable bonds is 5. The molecule has 2 aliphatic heterocycles. The predicted octanol–water partition coefficient (Wildman–Crippen LogP) is 1.22. The number of aliphatic carboxylic acids is 1. The third-order valence-electron chi connectivity index (χ3n) is 4.42. The lowest BCUT2D eigenvalue weighted by atomic mass is 9.78. The van der Waals surface area contributed by atoms with Crippen LogP contribution >= 0.6 is 0 Å². The molecule has 0 aliphatic carbocycles. The van der Waals surface area contributed by atoms with Crippen molar-refractivity contribution in [1.82, 2.24) is 5.32 Å². The van der Waals surface area contributed by atoms with Gasteiger partial charge in [-0.1, -0.05) is 30.3 Å². The summed E-state index contributed by atoms with van der Waals surface area (Å²) in [6.45, 7) is 0.517. The number of carbonyl (C=O) groups excluding carboxylic acids is 1. The van der Waals surface area contributed by atoms with Crippen molar-refractivity contribution in [2.24, 2.45) is 11.8 Å². The van der Waals surface area contributed by atoms with Gasteiger partial charge in [-0.25, -0.2) is 0 Å². The lowest BCUT2D eigenvalue weighted by Crippen LogP contribution is -2.44. The molecule has 21 heavy (non-hydrogen) atoms. The summed E-state index contributed by atoms with van der Waals surface area (Å²) >= 11 is 0. The lowest BCUT2D eigenvalue weighted by Gasteiger charge is -2.23. The van der Waals surface area contributed by atoms with E-state index in [2.05, 4.69) is 5.32 Å². The summed E-state index contributed by atoms with van der Waals surface area (Å²) in [5, 5.41) is 12.2. The van der Waals surface area contributed by atoms with Crippen molar-refractivity contribution < 1.29 is 19.4 Å². The fourth-order valence-electron chi connectivity index (χ4n) is 3.42. The molecule has 4 atom stereocenters. The molecular formula is C16H19NO4. The maximum absolute atomic E-state index is 12.3. The first-order chi connectivity index (χ1) is 10.2. The van der Waals surface area contributed by atoms with Gasteiger partial charge >= 0.3 is 5.97 Å². The first-order valence-corrected chi connectivity index (χ1v) is 7.36. The number of amides is 1. The number of fused-ring (bicyclic) bond motifs is 2. The Morgan fingerprint density at radius 3 is 2.48 bits per heavy atom. The molecule has 3 rings (SSSR count). The van der Waals surface area contributed by atoms with E-state index >= 15 is 0 Å². The SMILES string of the molecule is O=C(O)[C@@H]1[C@H](C(=O)NCCc2ccccc2)[C@H]2CC[C@@H]1O2. The number of carboxylic acids is 1. The van der Waals surface area contributed by atoms with Gasteiger partial charge < -0.3 is 15.2 Å². The number of nitrogens with one attached hydrogen (secondary N) is 1. The van der Waals surface area contributed by atoms with E-state index < -0.39 is 17.8 Å². The van der Waals surface area contributed by atoms with Gasteiger partial charge in [0.1, 0.15) is 0 Å². The van der Waals surface area contributed by atoms with Crippen LogP contribution in [0.15, 0.2) is 30.3 Å². The normalized spacial score (nSPS) is 30.3. The summed E-state index contributed by atoms with van der Waals surface area (Å²) in [5.74, 6) is -2.35. The van der Waals surface area contributed by atoms with Gasteiger partial charge in [0.05, 0.1) is 24.0 Å². The van der Waals surface area contributed by atoms with Gasteiger partial charge in [-0.2, -0.15) is 0 Å². The Morgan fingerprint density at radius 2 is 1.81 bits per heavy atom. The molecule has 5 nitrogen and oxygen atoms in total. The summed E-state index contributed by atoms with van der Waals surface area (Å²) in [6, 6.07) is 9.88. The minimum atomic E-state index is -0.926. The third kappa shape index (κ3) is 2.78. The summed E-state index contributed by atoms with van der Waals surface area (Å²) in [7, 11) is 0. The van der Waals surface area contributed by atoms with E-state index in [4.69, 9.17) is 4.74 Å². The van der Waals surface area contributed by atoms with Crippen molar-refractivity contribution >= 4 is 11.9 Å². The quantitative estimate of drug-likeness (QED) is 0.854. The summed E-state index contributed by atoms with van der Waals surface area (Å²) < 4.78 is 5.60. The third-order valence-corrected chi connectivity index (χ3v) is 4.42. The molecule has 0 spiro atoms. The number of benzene rings is 1. The molecule has 2 N–H and O–H groups in total. The number of hydrogen-bond donors (Lipinski definition) is 2. The van der Waals surface area contributed by atoms with Crippen LogP contribution in [0, 0.1) is 11.8 Å². The standard InChI is InChI=1S/C16H19NO4/c18-15(17-9-8-10-4-2-1-3-5-10)13-11-6-7-12(21-11)14(13)16(19)20/h1-5,11-14H,6-9H2,(H,17,18)(H,19,20)/t11-,12+,13-,14+/m1/s1. The molecule has 0 saturated carbocycles. The smallest absolute Gasteiger partial charge is 0.310 e. The summed E-state index contributed by atoms with van der Waals surface area (Å²) in [5.41, 5.74) is 1.15. The highest BCUT2D eigenvalue weighted by molar-refractivity contribution is 5.86.